The van der Waals surface area contributed by atoms with Crippen LogP contribution in [-0.4, -0.2) is 29.3 Å². The van der Waals surface area contributed by atoms with Crippen LogP contribution in [0.25, 0.3) is 0 Å². The molecule has 34 heavy (non-hydrogen) atoms. The van der Waals surface area contributed by atoms with Gasteiger partial charge in [0.05, 0.1) is 0 Å². The fourth-order valence-corrected chi connectivity index (χ4v) is 4.02. The van der Waals surface area contributed by atoms with Crippen LogP contribution in [0.4, 0.5) is 4.39 Å². The molecule has 0 radical (unpaired) electrons. The van der Waals surface area contributed by atoms with E-state index in [1.54, 1.807) is 23.1 Å². The normalized spacial score (nSPS) is 11.6. The molecule has 0 aliphatic rings. The molecule has 0 saturated heterocycles. The Bertz CT molecular complexity index is 1070. The van der Waals surface area contributed by atoms with Crippen LogP contribution in [0, 0.1) is 5.82 Å². The summed E-state index contributed by atoms with van der Waals surface area (Å²) in [6, 6.07) is 22.4. The van der Waals surface area contributed by atoms with Crippen molar-refractivity contribution in [3.05, 3.63) is 106 Å². The van der Waals surface area contributed by atoms with Crippen molar-refractivity contribution in [1.29, 1.82) is 0 Å². The Balaban J connectivity index is 1.89. The molecule has 0 bridgehead atoms. The van der Waals surface area contributed by atoms with Gasteiger partial charge < -0.3 is 10.2 Å². The lowest BCUT2D eigenvalue weighted by Gasteiger charge is -2.31. The Hall–Kier alpha value is -3.18. The minimum atomic E-state index is -0.697. The van der Waals surface area contributed by atoms with Crippen LogP contribution in [-0.2, 0) is 29.0 Å². The quantitative estimate of drug-likeness (QED) is 0.389. The highest BCUT2D eigenvalue weighted by molar-refractivity contribution is 6.31. The molecule has 1 atom stereocenters. The van der Waals surface area contributed by atoms with Gasteiger partial charge in [0.25, 0.3) is 0 Å². The van der Waals surface area contributed by atoms with E-state index in [2.05, 4.69) is 5.32 Å². The van der Waals surface area contributed by atoms with Gasteiger partial charge in [0.2, 0.25) is 11.8 Å². The molecule has 6 heteroatoms. The molecule has 3 aromatic carbocycles. The molecule has 0 aliphatic carbocycles. The van der Waals surface area contributed by atoms with Crippen LogP contribution in [0.15, 0.2) is 78.9 Å². The first kappa shape index (κ1) is 25.4. The number of halogens is 2. The molecule has 0 heterocycles. The molecule has 0 unspecified atom stereocenters. The fourth-order valence-electron chi connectivity index (χ4n) is 3.79. The Morgan fingerprint density at radius 3 is 2.29 bits per heavy atom. The van der Waals surface area contributed by atoms with Crippen molar-refractivity contribution < 1.29 is 14.0 Å². The van der Waals surface area contributed by atoms with E-state index in [4.69, 9.17) is 11.6 Å². The number of hydrogen-bond donors (Lipinski definition) is 1. The van der Waals surface area contributed by atoms with Crippen LogP contribution in [0.1, 0.15) is 36.5 Å². The van der Waals surface area contributed by atoms with Crippen molar-refractivity contribution >= 4 is 23.4 Å². The van der Waals surface area contributed by atoms with Gasteiger partial charge in [-0.15, -0.1) is 0 Å². The number of carbonyl (C=O) groups is 2. The van der Waals surface area contributed by atoms with Crippen molar-refractivity contribution in [1.82, 2.24) is 10.2 Å². The average molecular weight is 481 g/mol. The Morgan fingerprint density at radius 1 is 0.941 bits per heavy atom. The van der Waals surface area contributed by atoms with Gasteiger partial charge in [-0.25, -0.2) is 4.39 Å². The number of amides is 2. The first-order valence-electron chi connectivity index (χ1n) is 11.6. The lowest BCUT2D eigenvalue weighted by molar-refractivity contribution is -0.141. The summed E-state index contributed by atoms with van der Waals surface area (Å²) in [5.41, 5.74) is 2.60. The summed E-state index contributed by atoms with van der Waals surface area (Å²) in [6.45, 7) is 2.72. The largest absolute Gasteiger partial charge is 0.354 e. The molecule has 0 fully saturated rings. The molecule has 1 N–H and O–H groups in total. The second kappa shape index (κ2) is 12.9. The van der Waals surface area contributed by atoms with Gasteiger partial charge >= 0.3 is 0 Å². The number of hydrogen-bond acceptors (Lipinski definition) is 2. The second-order valence-corrected chi connectivity index (χ2v) is 8.64. The van der Waals surface area contributed by atoms with E-state index in [9.17, 15) is 14.0 Å². The number of benzene rings is 3. The summed E-state index contributed by atoms with van der Waals surface area (Å²) in [6.07, 6.45) is 1.85. The van der Waals surface area contributed by atoms with Gasteiger partial charge in [0.15, 0.2) is 0 Å². The zero-order valence-electron chi connectivity index (χ0n) is 19.3. The molecule has 178 valence electrons. The van der Waals surface area contributed by atoms with Gasteiger partial charge in [-0.05, 0) is 47.7 Å². The lowest BCUT2D eigenvalue weighted by atomic mass is 10.0. The summed E-state index contributed by atoms with van der Waals surface area (Å²) in [4.78, 5) is 28.4. The van der Waals surface area contributed by atoms with Gasteiger partial charge in [-0.3, -0.25) is 9.59 Å². The van der Waals surface area contributed by atoms with Crippen molar-refractivity contribution in [2.24, 2.45) is 0 Å². The van der Waals surface area contributed by atoms with Crippen LogP contribution in [0.2, 0.25) is 5.02 Å². The number of rotatable bonds is 11. The highest BCUT2D eigenvalue weighted by Crippen LogP contribution is 2.20. The molecule has 3 aromatic rings. The minimum Gasteiger partial charge on any atom is -0.354 e. The van der Waals surface area contributed by atoms with E-state index >= 15 is 0 Å². The smallest absolute Gasteiger partial charge is 0.243 e. The number of carbonyl (C=O) groups excluding carboxylic acids is 2. The fraction of sp³-hybridized carbons (Fsp3) is 0.286. The summed E-state index contributed by atoms with van der Waals surface area (Å²) < 4.78 is 13.5. The molecule has 0 aromatic heterocycles. The Kier molecular flexibility index (Phi) is 9.65. The maximum Gasteiger partial charge on any atom is 0.243 e. The third-order valence-electron chi connectivity index (χ3n) is 5.65. The predicted molar refractivity (Wildman–Crippen MR) is 134 cm³/mol. The number of nitrogens with zero attached hydrogens (tertiary/aromatic N) is 1. The monoisotopic (exact) mass is 480 g/mol. The van der Waals surface area contributed by atoms with Crippen LogP contribution >= 0.6 is 11.6 Å². The maximum absolute atomic E-state index is 13.5. The third-order valence-corrected chi connectivity index (χ3v) is 6.02. The summed E-state index contributed by atoms with van der Waals surface area (Å²) in [5, 5.41) is 3.56. The first-order chi connectivity index (χ1) is 16.5. The van der Waals surface area contributed by atoms with Crippen molar-refractivity contribution in [2.45, 2.75) is 45.2 Å². The molecular formula is C28H30ClFN2O2. The number of aryl methyl sites for hydroxylation is 1. The zero-order chi connectivity index (χ0) is 24.3. The summed E-state index contributed by atoms with van der Waals surface area (Å²) >= 11 is 6.28. The zero-order valence-corrected chi connectivity index (χ0v) is 20.1. The highest BCUT2D eigenvalue weighted by atomic mass is 35.5. The molecule has 0 saturated carbocycles. The summed E-state index contributed by atoms with van der Waals surface area (Å²) in [7, 11) is 0. The van der Waals surface area contributed by atoms with Crippen LogP contribution in [0.3, 0.4) is 0 Å². The van der Waals surface area contributed by atoms with E-state index in [1.165, 1.54) is 12.1 Å². The third kappa shape index (κ3) is 7.42. The van der Waals surface area contributed by atoms with Crippen LogP contribution in [0.5, 0.6) is 0 Å². The van der Waals surface area contributed by atoms with Gasteiger partial charge in [-0.1, -0.05) is 79.2 Å². The van der Waals surface area contributed by atoms with E-state index in [0.29, 0.717) is 24.4 Å². The predicted octanol–water partition coefficient (Wildman–Crippen LogP) is 5.58. The molecule has 3 rings (SSSR count). The highest BCUT2D eigenvalue weighted by Gasteiger charge is 2.30. The van der Waals surface area contributed by atoms with Gasteiger partial charge in [0.1, 0.15) is 11.9 Å². The van der Waals surface area contributed by atoms with E-state index < -0.39 is 6.04 Å². The van der Waals surface area contributed by atoms with Gasteiger partial charge in [-0.2, -0.15) is 0 Å². The standard InChI is InChI=1S/C28H30ClFN2O2/c1-2-18-31-28(34)26(19-21-8-4-3-5-9-21)32(20-22-12-15-24(30)16-13-22)27(33)17-14-23-10-6-7-11-25(23)29/h3-13,15-16,26H,2,14,17-20H2,1H3,(H,31,34)/t26-/m0/s1. The van der Waals surface area contributed by atoms with E-state index in [1.807, 2.05) is 55.5 Å². The molecule has 4 nitrogen and oxygen atoms in total. The van der Waals surface area contributed by atoms with Crippen molar-refractivity contribution in [3.8, 4) is 0 Å². The van der Waals surface area contributed by atoms with E-state index in [0.717, 1.165) is 23.1 Å². The Labute approximate surface area is 205 Å². The molecule has 0 aliphatic heterocycles. The average Bonchev–Trinajstić information content (AvgIpc) is 2.85. The van der Waals surface area contributed by atoms with Gasteiger partial charge in [0, 0.05) is 31.0 Å². The molecule has 2 amide bonds. The van der Waals surface area contributed by atoms with E-state index in [-0.39, 0.29) is 30.6 Å². The minimum absolute atomic E-state index is 0.156. The maximum atomic E-state index is 13.5. The summed E-state index contributed by atoms with van der Waals surface area (Å²) in [5.74, 6) is -0.697. The molecule has 0 spiro atoms. The Morgan fingerprint density at radius 2 is 1.62 bits per heavy atom. The van der Waals surface area contributed by atoms with Crippen molar-refractivity contribution in [3.63, 3.8) is 0 Å². The first-order valence-corrected chi connectivity index (χ1v) is 11.9. The molecular weight excluding hydrogens is 451 g/mol. The lowest BCUT2D eigenvalue weighted by Crippen LogP contribution is -2.50. The van der Waals surface area contributed by atoms with Crippen LogP contribution < -0.4 is 5.32 Å². The topological polar surface area (TPSA) is 49.4 Å². The SMILES string of the molecule is CCCNC(=O)[C@H](Cc1ccccc1)N(Cc1ccc(F)cc1)C(=O)CCc1ccccc1Cl. The second-order valence-electron chi connectivity index (χ2n) is 8.24. The van der Waals surface area contributed by atoms with Crippen molar-refractivity contribution in [2.75, 3.05) is 6.54 Å². The number of nitrogens with one attached hydrogen (secondary N) is 1.